The average Bonchev–Trinajstić information content (AvgIpc) is 3.15. The summed E-state index contributed by atoms with van der Waals surface area (Å²) in [4.78, 5) is 28.5. The molecule has 0 fully saturated rings. The number of nitrogens with zero attached hydrogens (tertiary/aromatic N) is 2. The van der Waals surface area contributed by atoms with Gasteiger partial charge in [-0.15, -0.1) is 0 Å². The molecule has 4 rings (SSSR count). The van der Waals surface area contributed by atoms with Gasteiger partial charge in [0.05, 0.1) is 5.69 Å². The molecule has 9 heteroatoms. The summed E-state index contributed by atoms with van der Waals surface area (Å²) in [7, 11) is -3.93. The standard InChI is InChI=1S/C18H14N4O4S/c23-17(20-11-12-5-7-19-8-6-12)13-3-4-16-14(10-13)21-18(24)15-2-1-9-22(15)27(16,25)26/h1-10H,11H2,(H,20,23)(H,21,24). The topological polar surface area (TPSA) is 110 Å². The normalized spacial score (nSPS) is 14.4. The highest BCUT2D eigenvalue weighted by Crippen LogP contribution is 2.29. The van der Waals surface area contributed by atoms with E-state index in [0.29, 0.717) is 6.54 Å². The van der Waals surface area contributed by atoms with Crippen molar-refractivity contribution in [2.75, 3.05) is 5.32 Å². The van der Waals surface area contributed by atoms with Crippen LogP contribution in [0.15, 0.2) is 66.0 Å². The highest BCUT2D eigenvalue weighted by Gasteiger charge is 2.30. The van der Waals surface area contributed by atoms with Crippen LogP contribution in [0.5, 0.6) is 0 Å². The summed E-state index contributed by atoms with van der Waals surface area (Å²) in [6.45, 7) is 0.300. The number of nitrogens with one attached hydrogen (secondary N) is 2. The lowest BCUT2D eigenvalue weighted by Gasteiger charge is -2.10. The van der Waals surface area contributed by atoms with Crippen molar-refractivity contribution in [3.05, 3.63) is 77.9 Å². The number of benzene rings is 1. The van der Waals surface area contributed by atoms with Gasteiger partial charge in [0.2, 0.25) is 0 Å². The summed E-state index contributed by atoms with van der Waals surface area (Å²) in [5.41, 5.74) is 1.20. The molecule has 1 aromatic carbocycles. The lowest BCUT2D eigenvalue weighted by molar-refractivity contribution is 0.0949. The Kier molecular flexibility index (Phi) is 4.00. The third-order valence-corrected chi connectivity index (χ3v) is 5.92. The van der Waals surface area contributed by atoms with Crippen LogP contribution >= 0.6 is 0 Å². The molecule has 27 heavy (non-hydrogen) atoms. The van der Waals surface area contributed by atoms with Crippen molar-refractivity contribution < 1.29 is 18.0 Å². The highest BCUT2D eigenvalue weighted by molar-refractivity contribution is 7.90. The molecule has 136 valence electrons. The molecular formula is C18H14N4O4S. The number of carbonyl (C=O) groups is 2. The van der Waals surface area contributed by atoms with Gasteiger partial charge in [-0.05, 0) is 48.0 Å². The Balaban J connectivity index is 1.65. The molecule has 8 nitrogen and oxygen atoms in total. The molecule has 0 aliphatic carbocycles. The molecule has 0 atom stereocenters. The van der Waals surface area contributed by atoms with Crippen LogP contribution < -0.4 is 10.6 Å². The van der Waals surface area contributed by atoms with E-state index in [0.717, 1.165) is 9.54 Å². The van der Waals surface area contributed by atoms with E-state index in [4.69, 9.17) is 0 Å². The molecule has 0 radical (unpaired) electrons. The summed E-state index contributed by atoms with van der Waals surface area (Å²) in [6.07, 6.45) is 4.56. The summed E-state index contributed by atoms with van der Waals surface area (Å²) < 4.78 is 26.5. The minimum absolute atomic E-state index is 0.00916. The second kappa shape index (κ2) is 6.36. The number of pyridine rings is 1. The van der Waals surface area contributed by atoms with Gasteiger partial charge in [0.25, 0.3) is 21.8 Å². The van der Waals surface area contributed by atoms with Crippen molar-refractivity contribution in [2.45, 2.75) is 11.4 Å². The Labute approximate surface area is 154 Å². The summed E-state index contributed by atoms with van der Waals surface area (Å²) in [5, 5.41) is 5.31. The van der Waals surface area contributed by atoms with Crippen molar-refractivity contribution in [1.29, 1.82) is 0 Å². The Bertz CT molecular complexity index is 1150. The Morgan fingerprint density at radius 2 is 1.93 bits per heavy atom. The van der Waals surface area contributed by atoms with Crippen LogP contribution in [0, 0.1) is 0 Å². The number of anilines is 1. The number of hydrogen-bond acceptors (Lipinski definition) is 5. The van der Waals surface area contributed by atoms with Crippen LogP contribution in [-0.2, 0) is 16.6 Å². The minimum Gasteiger partial charge on any atom is -0.348 e. The number of hydrogen-bond donors (Lipinski definition) is 2. The number of aromatic nitrogens is 2. The second-order valence-corrected chi connectivity index (χ2v) is 7.68. The highest BCUT2D eigenvalue weighted by atomic mass is 32.2. The fourth-order valence-electron chi connectivity index (χ4n) is 2.82. The number of carbonyl (C=O) groups excluding carboxylic acids is 2. The number of amides is 2. The fraction of sp³-hybridized carbons (Fsp3) is 0.0556. The maximum Gasteiger partial charge on any atom is 0.273 e. The van der Waals surface area contributed by atoms with Crippen molar-refractivity contribution >= 4 is 27.5 Å². The first-order valence-corrected chi connectivity index (χ1v) is 9.46. The molecule has 0 bridgehead atoms. The van der Waals surface area contributed by atoms with E-state index in [-0.39, 0.29) is 27.7 Å². The van der Waals surface area contributed by atoms with E-state index >= 15 is 0 Å². The molecule has 3 heterocycles. The molecule has 0 saturated heterocycles. The summed E-state index contributed by atoms with van der Waals surface area (Å²) in [5.74, 6) is -0.943. The minimum atomic E-state index is -3.93. The fourth-order valence-corrected chi connectivity index (χ4v) is 4.30. The molecule has 3 aromatic rings. The molecular weight excluding hydrogens is 368 g/mol. The number of rotatable bonds is 3. The molecule has 0 spiro atoms. The lowest BCUT2D eigenvalue weighted by atomic mass is 10.1. The van der Waals surface area contributed by atoms with Gasteiger partial charge < -0.3 is 10.6 Å². The monoisotopic (exact) mass is 382 g/mol. The van der Waals surface area contributed by atoms with Gasteiger partial charge in [-0.1, -0.05) is 0 Å². The zero-order chi connectivity index (χ0) is 19.0. The van der Waals surface area contributed by atoms with Crippen molar-refractivity contribution in [3.8, 4) is 0 Å². The van der Waals surface area contributed by atoms with E-state index in [1.165, 1.54) is 36.5 Å². The van der Waals surface area contributed by atoms with Gasteiger partial charge in [0.15, 0.2) is 0 Å². The van der Waals surface area contributed by atoms with Crippen molar-refractivity contribution in [3.63, 3.8) is 0 Å². The first-order chi connectivity index (χ1) is 13.0. The summed E-state index contributed by atoms with van der Waals surface area (Å²) in [6, 6.07) is 10.6. The molecule has 2 N–H and O–H groups in total. The molecule has 1 aliphatic rings. The van der Waals surface area contributed by atoms with Crippen LogP contribution in [0.2, 0.25) is 0 Å². The Hall–Kier alpha value is -3.46. The molecule has 0 saturated carbocycles. The van der Waals surface area contributed by atoms with E-state index in [9.17, 15) is 18.0 Å². The Morgan fingerprint density at radius 3 is 2.70 bits per heavy atom. The van der Waals surface area contributed by atoms with Crippen molar-refractivity contribution in [1.82, 2.24) is 14.3 Å². The summed E-state index contributed by atoms with van der Waals surface area (Å²) >= 11 is 0. The van der Waals surface area contributed by atoms with E-state index in [1.54, 1.807) is 24.5 Å². The van der Waals surface area contributed by atoms with E-state index in [1.807, 2.05) is 0 Å². The first kappa shape index (κ1) is 17.0. The predicted molar refractivity (Wildman–Crippen MR) is 96.8 cm³/mol. The van der Waals surface area contributed by atoms with Crippen LogP contribution in [0.4, 0.5) is 5.69 Å². The van der Waals surface area contributed by atoms with Gasteiger partial charge >= 0.3 is 0 Å². The van der Waals surface area contributed by atoms with Gasteiger partial charge in [-0.2, -0.15) is 0 Å². The average molecular weight is 382 g/mol. The lowest BCUT2D eigenvalue weighted by Crippen LogP contribution is -2.23. The quantitative estimate of drug-likeness (QED) is 0.715. The van der Waals surface area contributed by atoms with Gasteiger partial charge in [0, 0.05) is 30.7 Å². The van der Waals surface area contributed by atoms with E-state index in [2.05, 4.69) is 15.6 Å². The van der Waals surface area contributed by atoms with Crippen LogP contribution in [0.3, 0.4) is 0 Å². The van der Waals surface area contributed by atoms with Gasteiger partial charge in [0.1, 0.15) is 10.6 Å². The largest absolute Gasteiger partial charge is 0.348 e. The van der Waals surface area contributed by atoms with Crippen LogP contribution in [-0.4, -0.2) is 29.2 Å². The predicted octanol–water partition coefficient (Wildman–Crippen LogP) is 1.62. The van der Waals surface area contributed by atoms with Gasteiger partial charge in [-0.3, -0.25) is 14.6 Å². The molecule has 2 aromatic heterocycles. The third kappa shape index (κ3) is 2.97. The maximum absolute atomic E-state index is 12.8. The zero-order valence-electron chi connectivity index (χ0n) is 13.9. The first-order valence-electron chi connectivity index (χ1n) is 8.02. The third-order valence-electron chi connectivity index (χ3n) is 4.17. The molecule has 0 unspecified atom stereocenters. The van der Waals surface area contributed by atoms with E-state index < -0.39 is 15.9 Å². The zero-order valence-corrected chi connectivity index (χ0v) is 14.7. The Morgan fingerprint density at radius 1 is 1.15 bits per heavy atom. The van der Waals surface area contributed by atoms with Crippen molar-refractivity contribution in [2.24, 2.45) is 0 Å². The molecule has 2 amide bonds. The van der Waals surface area contributed by atoms with Gasteiger partial charge in [-0.25, -0.2) is 12.4 Å². The molecule has 1 aliphatic heterocycles. The number of fused-ring (bicyclic) bond motifs is 2. The van der Waals surface area contributed by atoms with Crippen LogP contribution in [0.1, 0.15) is 26.4 Å². The van der Waals surface area contributed by atoms with Crippen LogP contribution in [0.25, 0.3) is 0 Å². The second-order valence-electron chi connectivity index (χ2n) is 5.90. The SMILES string of the molecule is O=C(NCc1ccncc1)c1ccc2c(c1)NC(=O)c1cccn1S2(=O)=O. The smallest absolute Gasteiger partial charge is 0.273 e. The maximum atomic E-state index is 12.8.